The molecule has 0 aliphatic carbocycles. The number of aryl methyl sites for hydroxylation is 1. The number of benzene rings is 4. The average Bonchev–Trinajstić information content (AvgIpc) is 3.02. The number of carbonyl (C=O) groups excluding carboxylic acids is 2. The predicted octanol–water partition coefficient (Wildman–Crippen LogP) is 6.66. The number of sulfonamides is 1. The van der Waals surface area contributed by atoms with E-state index in [1.54, 1.807) is 60.7 Å². The topological polar surface area (TPSA) is 86.8 Å². The SMILES string of the molecule is CCCNC(=O)[C@@H](Cc1ccccc1)N(Cc1ccc(Cl)cc1Cl)C(=O)CN(c1ccc(C)cc1)S(=O)(=O)c1ccccc1. The summed E-state index contributed by atoms with van der Waals surface area (Å²) in [6.07, 6.45) is 0.917. The number of halogens is 2. The molecule has 44 heavy (non-hydrogen) atoms. The molecule has 0 saturated heterocycles. The van der Waals surface area contributed by atoms with Gasteiger partial charge in [0.1, 0.15) is 12.6 Å². The number of anilines is 1. The van der Waals surface area contributed by atoms with E-state index >= 15 is 0 Å². The van der Waals surface area contributed by atoms with Crippen LogP contribution in [0, 0.1) is 6.92 Å². The molecule has 0 fully saturated rings. The Bertz CT molecular complexity index is 1670. The van der Waals surface area contributed by atoms with E-state index in [1.807, 2.05) is 44.2 Å². The molecule has 0 aliphatic rings. The highest BCUT2D eigenvalue weighted by molar-refractivity contribution is 7.92. The van der Waals surface area contributed by atoms with Crippen molar-refractivity contribution < 1.29 is 18.0 Å². The standard InChI is InChI=1S/C34H35Cl2N3O4S/c1-3-20-37-34(41)32(21-26-10-6-4-7-11-26)38(23-27-16-17-28(35)22-31(27)36)33(40)24-39(29-18-14-25(2)15-19-29)44(42,43)30-12-8-5-9-13-30/h4-19,22,32H,3,20-21,23-24H2,1-2H3,(H,37,41)/t32-/m1/s1. The lowest BCUT2D eigenvalue weighted by Gasteiger charge is -2.34. The molecule has 7 nitrogen and oxygen atoms in total. The van der Waals surface area contributed by atoms with Gasteiger partial charge in [0.15, 0.2) is 0 Å². The summed E-state index contributed by atoms with van der Waals surface area (Å²) in [5, 5.41) is 3.68. The number of carbonyl (C=O) groups is 2. The number of hydrogen-bond acceptors (Lipinski definition) is 4. The Kier molecular flexibility index (Phi) is 11.4. The van der Waals surface area contributed by atoms with Gasteiger partial charge in [0.05, 0.1) is 10.6 Å². The van der Waals surface area contributed by atoms with Crippen LogP contribution in [-0.4, -0.2) is 44.3 Å². The Balaban J connectivity index is 1.80. The summed E-state index contributed by atoms with van der Waals surface area (Å²) in [6.45, 7) is 3.67. The number of nitrogens with zero attached hydrogens (tertiary/aromatic N) is 2. The van der Waals surface area contributed by atoms with Crippen molar-refractivity contribution in [1.29, 1.82) is 0 Å². The molecule has 0 unspecified atom stereocenters. The van der Waals surface area contributed by atoms with Crippen LogP contribution in [0.2, 0.25) is 10.0 Å². The monoisotopic (exact) mass is 651 g/mol. The highest BCUT2D eigenvalue weighted by atomic mass is 35.5. The molecular weight excluding hydrogens is 617 g/mol. The predicted molar refractivity (Wildman–Crippen MR) is 176 cm³/mol. The van der Waals surface area contributed by atoms with Crippen molar-refractivity contribution in [2.45, 2.75) is 44.2 Å². The van der Waals surface area contributed by atoms with Crippen LogP contribution in [0.5, 0.6) is 0 Å². The summed E-state index contributed by atoms with van der Waals surface area (Å²) in [5.41, 5.74) is 2.68. The van der Waals surface area contributed by atoms with Crippen LogP contribution < -0.4 is 9.62 Å². The second-order valence-corrected chi connectivity index (χ2v) is 13.1. The summed E-state index contributed by atoms with van der Waals surface area (Å²) in [7, 11) is -4.16. The zero-order valence-corrected chi connectivity index (χ0v) is 26.9. The molecule has 1 N–H and O–H groups in total. The molecule has 1 atom stereocenters. The fourth-order valence-electron chi connectivity index (χ4n) is 4.71. The quantitative estimate of drug-likeness (QED) is 0.175. The molecule has 0 aromatic heterocycles. The van der Waals surface area contributed by atoms with Gasteiger partial charge in [-0.2, -0.15) is 0 Å². The molecule has 2 amide bonds. The maximum atomic E-state index is 14.4. The minimum atomic E-state index is -4.16. The molecule has 10 heteroatoms. The first kappa shape index (κ1) is 33.1. The molecule has 0 aliphatic heterocycles. The Hall–Kier alpha value is -3.85. The van der Waals surface area contributed by atoms with Crippen LogP contribution in [-0.2, 0) is 32.6 Å². The van der Waals surface area contributed by atoms with Crippen molar-refractivity contribution in [3.05, 3.63) is 130 Å². The molecule has 230 valence electrons. The van der Waals surface area contributed by atoms with Gasteiger partial charge in [-0.15, -0.1) is 0 Å². The molecule has 0 bridgehead atoms. The number of rotatable bonds is 13. The van der Waals surface area contributed by atoms with Crippen molar-refractivity contribution in [3.8, 4) is 0 Å². The number of nitrogens with one attached hydrogen (secondary N) is 1. The fraction of sp³-hybridized carbons (Fsp3) is 0.235. The van der Waals surface area contributed by atoms with Gasteiger partial charge >= 0.3 is 0 Å². The summed E-state index contributed by atoms with van der Waals surface area (Å²) >= 11 is 12.7. The second-order valence-electron chi connectivity index (χ2n) is 10.4. The normalized spacial score (nSPS) is 11.9. The lowest BCUT2D eigenvalue weighted by Crippen LogP contribution is -2.53. The Morgan fingerprint density at radius 1 is 0.864 bits per heavy atom. The van der Waals surface area contributed by atoms with E-state index in [0.717, 1.165) is 15.4 Å². The maximum absolute atomic E-state index is 14.4. The fourth-order valence-corrected chi connectivity index (χ4v) is 6.62. The lowest BCUT2D eigenvalue weighted by molar-refractivity contribution is -0.140. The summed E-state index contributed by atoms with van der Waals surface area (Å²) in [5.74, 6) is -0.911. The molecule has 0 heterocycles. The van der Waals surface area contributed by atoms with Gasteiger partial charge in [0, 0.05) is 29.6 Å². The molecule has 4 aromatic rings. The third-order valence-corrected chi connectivity index (χ3v) is 9.48. The summed E-state index contributed by atoms with van der Waals surface area (Å²) < 4.78 is 29.1. The molecule has 4 rings (SSSR count). The van der Waals surface area contributed by atoms with Crippen LogP contribution in [0.3, 0.4) is 0 Å². The smallest absolute Gasteiger partial charge is 0.264 e. The van der Waals surface area contributed by atoms with Gasteiger partial charge in [-0.1, -0.05) is 102 Å². The first-order valence-electron chi connectivity index (χ1n) is 14.3. The van der Waals surface area contributed by atoms with Gasteiger partial charge in [0.2, 0.25) is 11.8 Å². The third kappa shape index (κ3) is 8.40. The van der Waals surface area contributed by atoms with Crippen LogP contribution in [0.25, 0.3) is 0 Å². The molecular formula is C34H35Cl2N3O4S. The molecule has 4 aromatic carbocycles. The van der Waals surface area contributed by atoms with E-state index in [4.69, 9.17) is 23.2 Å². The van der Waals surface area contributed by atoms with Crippen LogP contribution in [0.1, 0.15) is 30.0 Å². The van der Waals surface area contributed by atoms with Gasteiger partial charge < -0.3 is 10.2 Å². The van der Waals surface area contributed by atoms with E-state index in [1.165, 1.54) is 17.0 Å². The van der Waals surface area contributed by atoms with E-state index in [9.17, 15) is 18.0 Å². The van der Waals surface area contributed by atoms with Crippen molar-refractivity contribution in [2.24, 2.45) is 0 Å². The summed E-state index contributed by atoms with van der Waals surface area (Å²) in [6, 6.07) is 28.2. The van der Waals surface area contributed by atoms with E-state index in [0.29, 0.717) is 34.3 Å². The first-order valence-corrected chi connectivity index (χ1v) is 16.5. The van der Waals surface area contributed by atoms with E-state index in [-0.39, 0.29) is 23.8 Å². The highest BCUT2D eigenvalue weighted by Gasteiger charge is 2.34. The van der Waals surface area contributed by atoms with Crippen LogP contribution >= 0.6 is 23.2 Å². The Morgan fingerprint density at radius 3 is 2.11 bits per heavy atom. The highest BCUT2D eigenvalue weighted by Crippen LogP contribution is 2.27. The van der Waals surface area contributed by atoms with Crippen LogP contribution in [0.4, 0.5) is 5.69 Å². The first-order chi connectivity index (χ1) is 21.1. The minimum Gasteiger partial charge on any atom is -0.354 e. The van der Waals surface area contributed by atoms with Crippen molar-refractivity contribution in [1.82, 2.24) is 10.2 Å². The zero-order chi connectivity index (χ0) is 31.7. The van der Waals surface area contributed by atoms with Gasteiger partial charge in [-0.25, -0.2) is 8.42 Å². The van der Waals surface area contributed by atoms with Gasteiger partial charge in [-0.05, 0) is 60.9 Å². The minimum absolute atomic E-state index is 0.0427. The maximum Gasteiger partial charge on any atom is 0.264 e. The molecule has 0 spiro atoms. The third-order valence-electron chi connectivity index (χ3n) is 7.11. The molecule has 0 saturated carbocycles. The van der Waals surface area contributed by atoms with Crippen molar-refractivity contribution in [2.75, 3.05) is 17.4 Å². The molecule has 0 radical (unpaired) electrons. The average molecular weight is 653 g/mol. The van der Waals surface area contributed by atoms with Gasteiger partial charge in [-0.3, -0.25) is 13.9 Å². The largest absolute Gasteiger partial charge is 0.354 e. The van der Waals surface area contributed by atoms with E-state index < -0.39 is 28.5 Å². The zero-order valence-electron chi connectivity index (χ0n) is 24.6. The van der Waals surface area contributed by atoms with Crippen molar-refractivity contribution >= 4 is 50.7 Å². The van der Waals surface area contributed by atoms with Gasteiger partial charge in [0.25, 0.3) is 10.0 Å². The second kappa shape index (κ2) is 15.2. The van der Waals surface area contributed by atoms with E-state index in [2.05, 4.69) is 5.32 Å². The lowest BCUT2D eigenvalue weighted by atomic mass is 10.0. The Morgan fingerprint density at radius 2 is 1.50 bits per heavy atom. The van der Waals surface area contributed by atoms with Crippen LogP contribution in [0.15, 0.2) is 108 Å². The van der Waals surface area contributed by atoms with Crippen molar-refractivity contribution in [3.63, 3.8) is 0 Å². The number of hydrogen-bond donors (Lipinski definition) is 1. The Labute approximate surface area is 269 Å². The summed E-state index contributed by atoms with van der Waals surface area (Å²) in [4.78, 5) is 29.6. The number of amides is 2.